The van der Waals surface area contributed by atoms with Crippen molar-refractivity contribution in [3.63, 3.8) is 0 Å². The molecule has 0 radical (unpaired) electrons. The van der Waals surface area contributed by atoms with Gasteiger partial charge >= 0.3 is 0 Å². The second-order valence-electron chi connectivity index (χ2n) is 7.39. The molecule has 6 heteroatoms. The monoisotopic (exact) mass is 375 g/mol. The molecule has 152 valence electrons. The highest BCUT2D eigenvalue weighted by Crippen LogP contribution is 2.15. The maximum atomic E-state index is 5.60. The number of aliphatic imine (C=N–C) groups is 1. The van der Waals surface area contributed by atoms with Crippen molar-refractivity contribution < 1.29 is 4.74 Å². The summed E-state index contributed by atoms with van der Waals surface area (Å²) in [5.41, 5.74) is 1.12. The zero-order valence-corrected chi connectivity index (χ0v) is 17.5. The van der Waals surface area contributed by atoms with Gasteiger partial charge in [0, 0.05) is 31.9 Å². The van der Waals surface area contributed by atoms with Gasteiger partial charge in [-0.25, -0.2) is 9.98 Å². The van der Waals surface area contributed by atoms with Crippen LogP contribution in [0.1, 0.15) is 58.9 Å². The number of guanidine groups is 1. The van der Waals surface area contributed by atoms with Crippen LogP contribution in [0.25, 0.3) is 0 Å². The number of pyridine rings is 1. The summed E-state index contributed by atoms with van der Waals surface area (Å²) in [6, 6.07) is 4.65. The number of morpholine rings is 1. The Bertz CT molecular complexity index is 560. The predicted molar refractivity (Wildman–Crippen MR) is 113 cm³/mol. The zero-order chi connectivity index (χ0) is 19.5. The van der Waals surface area contributed by atoms with Gasteiger partial charge in [0.15, 0.2) is 5.96 Å². The van der Waals surface area contributed by atoms with E-state index in [2.05, 4.69) is 60.3 Å². The van der Waals surface area contributed by atoms with E-state index in [1.165, 1.54) is 25.7 Å². The quantitative estimate of drug-likeness (QED) is 0.394. The first-order valence-corrected chi connectivity index (χ1v) is 10.5. The number of nitrogens with one attached hydrogen (secondary N) is 2. The van der Waals surface area contributed by atoms with Gasteiger partial charge in [-0.05, 0) is 38.8 Å². The molecule has 1 saturated heterocycles. The van der Waals surface area contributed by atoms with Crippen molar-refractivity contribution in [2.75, 3.05) is 31.1 Å². The Morgan fingerprint density at radius 2 is 2.22 bits per heavy atom. The number of ether oxygens (including phenoxy) is 1. The summed E-state index contributed by atoms with van der Waals surface area (Å²) in [4.78, 5) is 11.6. The minimum atomic E-state index is 0.262. The molecule has 2 rings (SSSR count). The molecule has 2 atom stereocenters. The zero-order valence-electron chi connectivity index (χ0n) is 17.5. The van der Waals surface area contributed by atoms with E-state index in [1.54, 1.807) is 0 Å². The van der Waals surface area contributed by atoms with E-state index < -0.39 is 0 Å². The topological polar surface area (TPSA) is 61.8 Å². The normalized spacial score (nSPS) is 19.0. The van der Waals surface area contributed by atoms with Crippen LogP contribution in [-0.4, -0.2) is 49.3 Å². The fourth-order valence-electron chi connectivity index (χ4n) is 3.22. The van der Waals surface area contributed by atoms with Gasteiger partial charge in [0.25, 0.3) is 0 Å². The fraction of sp³-hybridized carbons (Fsp3) is 0.714. The lowest BCUT2D eigenvalue weighted by atomic mass is 10.1. The lowest BCUT2D eigenvalue weighted by molar-refractivity contribution is 0.0529. The van der Waals surface area contributed by atoms with Crippen LogP contribution < -0.4 is 15.5 Å². The number of nitrogens with zero attached hydrogens (tertiary/aromatic N) is 3. The highest BCUT2D eigenvalue weighted by atomic mass is 16.5. The molecule has 0 amide bonds. The van der Waals surface area contributed by atoms with Gasteiger partial charge in [0.1, 0.15) is 5.82 Å². The van der Waals surface area contributed by atoms with Crippen LogP contribution in [0.15, 0.2) is 23.3 Å². The SMILES string of the molecule is CCCCCC(C)NC(=NCc1ccc(N2CCOC(C)C2)nc1)NCC. The molecule has 2 heterocycles. The largest absolute Gasteiger partial charge is 0.375 e. The number of aromatic nitrogens is 1. The van der Waals surface area contributed by atoms with Crippen LogP contribution in [0.4, 0.5) is 5.82 Å². The van der Waals surface area contributed by atoms with Crippen LogP contribution in [0.3, 0.4) is 0 Å². The Labute approximate surface area is 164 Å². The summed E-state index contributed by atoms with van der Waals surface area (Å²) in [5, 5.41) is 6.85. The highest BCUT2D eigenvalue weighted by Gasteiger charge is 2.17. The fourth-order valence-corrected chi connectivity index (χ4v) is 3.22. The lowest BCUT2D eigenvalue weighted by Gasteiger charge is -2.32. The van der Waals surface area contributed by atoms with Gasteiger partial charge in [0.05, 0.1) is 19.3 Å². The third-order valence-corrected chi connectivity index (χ3v) is 4.76. The van der Waals surface area contributed by atoms with Gasteiger partial charge in [-0.1, -0.05) is 32.3 Å². The average Bonchev–Trinajstić information content (AvgIpc) is 2.67. The van der Waals surface area contributed by atoms with Crippen molar-refractivity contribution in [2.24, 2.45) is 4.99 Å². The maximum Gasteiger partial charge on any atom is 0.191 e. The number of hydrogen-bond acceptors (Lipinski definition) is 4. The van der Waals surface area contributed by atoms with Crippen LogP contribution in [0.2, 0.25) is 0 Å². The molecule has 2 unspecified atom stereocenters. The first-order chi connectivity index (χ1) is 13.1. The van der Waals surface area contributed by atoms with E-state index >= 15 is 0 Å². The minimum Gasteiger partial charge on any atom is -0.375 e. The summed E-state index contributed by atoms with van der Waals surface area (Å²) in [6.07, 6.45) is 7.18. The molecule has 1 aliphatic rings. The molecule has 1 aromatic rings. The van der Waals surface area contributed by atoms with Gasteiger partial charge in [-0.3, -0.25) is 0 Å². The van der Waals surface area contributed by atoms with Crippen LogP contribution in [0.5, 0.6) is 0 Å². The summed E-state index contributed by atoms with van der Waals surface area (Å²) in [6.45, 7) is 12.7. The molecule has 0 bridgehead atoms. The average molecular weight is 376 g/mol. The van der Waals surface area contributed by atoms with Crippen molar-refractivity contribution in [1.82, 2.24) is 15.6 Å². The van der Waals surface area contributed by atoms with Crippen molar-refractivity contribution >= 4 is 11.8 Å². The molecular weight excluding hydrogens is 338 g/mol. The van der Waals surface area contributed by atoms with E-state index in [4.69, 9.17) is 9.73 Å². The first kappa shape index (κ1) is 21.5. The lowest BCUT2D eigenvalue weighted by Crippen LogP contribution is -2.42. The maximum absolute atomic E-state index is 5.60. The molecule has 27 heavy (non-hydrogen) atoms. The minimum absolute atomic E-state index is 0.262. The van der Waals surface area contributed by atoms with E-state index in [0.717, 1.165) is 43.6 Å². The Morgan fingerprint density at radius 3 is 2.89 bits per heavy atom. The van der Waals surface area contributed by atoms with Gasteiger partial charge in [0.2, 0.25) is 0 Å². The first-order valence-electron chi connectivity index (χ1n) is 10.5. The van der Waals surface area contributed by atoms with Crippen molar-refractivity contribution in [1.29, 1.82) is 0 Å². The van der Waals surface area contributed by atoms with E-state index in [0.29, 0.717) is 12.6 Å². The van der Waals surface area contributed by atoms with Crippen molar-refractivity contribution in [2.45, 2.75) is 72.1 Å². The molecular formula is C21H37N5O. The van der Waals surface area contributed by atoms with Crippen LogP contribution >= 0.6 is 0 Å². The molecule has 2 N–H and O–H groups in total. The third-order valence-electron chi connectivity index (χ3n) is 4.76. The van der Waals surface area contributed by atoms with E-state index in [-0.39, 0.29) is 6.10 Å². The Hall–Kier alpha value is -1.82. The molecule has 0 saturated carbocycles. The van der Waals surface area contributed by atoms with Gasteiger partial charge in [-0.2, -0.15) is 0 Å². The van der Waals surface area contributed by atoms with Crippen molar-refractivity contribution in [3.05, 3.63) is 23.9 Å². The Balaban J connectivity index is 1.88. The van der Waals surface area contributed by atoms with E-state index in [1.807, 2.05) is 6.20 Å². The van der Waals surface area contributed by atoms with Gasteiger partial charge < -0.3 is 20.3 Å². The summed E-state index contributed by atoms with van der Waals surface area (Å²) in [7, 11) is 0. The number of unbranched alkanes of at least 4 members (excludes halogenated alkanes) is 2. The second-order valence-corrected chi connectivity index (χ2v) is 7.39. The smallest absolute Gasteiger partial charge is 0.191 e. The summed E-state index contributed by atoms with van der Waals surface area (Å²) in [5.74, 6) is 1.90. The Morgan fingerprint density at radius 1 is 1.37 bits per heavy atom. The molecule has 1 aliphatic heterocycles. The number of anilines is 1. The molecule has 6 nitrogen and oxygen atoms in total. The molecule has 0 spiro atoms. The molecule has 0 aliphatic carbocycles. The third kappa shape index (κ3) is 7.75. The van der Waals surface area contributed by atoms with Gasteiger partial charge in [-0.15, -0.1) is 0 Å². The molecule has 1 aromatic heterocycles. The second kappa shape index (κ2) is 11.8. The Kier molecular flexibility index (Phi) is 9.39. The van der Waals surface area contributed by atoms with Crippen molar-refractivity contribution in [3.8, 4) is 0 Å². The number of hydrogen-bond donors (Lipinski definition) is 2. The van der Waals surface area contributed by atoms with Crippen LogP contribution in [-0.2, 0) is 11.3 Å². The number of rotatable bonds is 9. The highest BCUT2D eigenvalue weighted by molar-refractivity contribution is 5.80. The molecule has 1 fully saturated rings. The van der Waals surface area contributed by atoms with E-state index in [9.17, 15) is 0 Å². The predicted octanol–water partition coefficient (Wildman–Crippen LogP) is 3.33. The summed E-state index contributed by atoms with van der Waals surface area (Å²) < 4.78 is 5.60. The van der Waals surface area contributed by atoms with Crippen LogP contribution in [0, 0.1) is 0 Å². The molecule has 0 aromatic carbocycles. The summed E-state index contributed by atoms with van der Waals surface area (Å²) >= 11 is 0. The standard InChI is InChI=1S/C21H37N5O/c1-5-7-8-9-17(3)25-21(22-6-2)24-15-19-10-11-20(23-14-19)26-12-13-27-18(4)16-26/h10-11,14,17-18H,5-9,12-13,15-16H2,1-4H3,(H2,22,24,25).